The van der Waals surface area contributed by atoms with E-state index in [2.05, 4.69) is 211 Å². The first-order valence-corrected chi connectivity index (χ1v) is 24.5. The fourth-order valence-corrected chi connectivity index (χ4v) is 9.66. The Balaban J connectivity index is 1.35. The van der Waals surface area contributed by atoms with Crippen LogP contribution in [0.2, 0.25) is 0 Å². The summed E-state index contributed by atoms with van der Waals surface area (Å²) >= 11 is 0. The van der Waals surface area contributed by atoms with Gasteiger partial charge in [0, 0.05) is 33.5 Å². The maximum absolute atomic E-state index is 2.43. The van der Waals surface area contributed by atoms with Crippen molar-refractivity contribution in [2.24, 2.45) is 0 Å². The van der Waals surface area contributed by atoms with Gasteiger partial charge in [-0.2, -0.15) is 0 Å². The van der Waals surface area contributed by atoms with Gasteiger partial charge in [-0.15, -0.1) is 0 Å². The number of benzene rings is 8. The average Bonchev–Trinajstić information content (AvgIpc) is 3.12. The molecule has 0 unspecified atom stereocenters. The first-order valence-electron chi connectivity index (χ1n) is 17.6. The van der Waals surface area contributed by atoms with Crippen molar-refractivity contribution in [1.29, 1.82) is 0 Å². The van der Waals surface area contributed by atoms with Crippen LogP contribution in [0.25, 0.3) is 32.3 Å². The van der Waals surface area contributed by atoms with Crippen LogP contribution in [-0.4, -0.2) is 43.8 Å². The monoisotopic (exact) mass is 704 g/mol. The van der Waals surface area contributed by atoms with Crippen molar-refractivity contribution in [1.82, 2.24) is 0 Å². The van der Waals surface area contributed by atoms with Gasteiger partial charge in [0.15, 0.2) is 0 Å². The zero-order valence-corrected chi connectivity index (χ0v) is 32.5. The first kappa shape index (κ1) is 33.3. The Morgan fingerprint density at radius 3 is 1.16 bits per heavy atom. The van der Waals surface area contributed by atoms with E-state index in [1.807, 2.05) is 0 Å². The standard InChI is InChI=1S/C47H48N2S2/c1-50(2,3)40-26-22-38(23-27-40)48(36-14-10-8-11-15-36)44-32-20-34-19-31-43-45(33-21-35-18-30-42(44)46(34)47(35)43)49(37-16-12-9-13-17-37)39-24-28-41(29-25-39)51(4,5,6)7/h8-33,51H,1-7H3. The summed E-state index contributed by atoms with van der Waals surface area (Å²) in [5, 5.41) is 7.60. The number of thiol groups is 1. The van der Waals surface area contributed by atoms with Crippen LogP contribution in [0.4, 0.5) is 34.1 Å². The number of nitrogens with zero attached hydrogens (tertiary/aromatic N) is 2. The van der Waals surface area contributed by atoms with Gasteiger partial charge >= 0.3 is 0 Å². The van der Waals surface area contributed by atoms with E-state index in [1.54, 1.807) is 0 Å². The highest BCUT2D eigenvalue weighted by atomic mass is 32.3. The minimum absolute atomic E-state index is 0.828. The highest BCUT2D eigenvalue weighted by molar-refractivity contribution is 8.47. The third-order valence-corrected chi connectivity index (χ3v) is 14.1. The second kappa shape index (κ2) is 12.1. The van der Waals surface area contributed by atoms with E-state index in [-0.39, 0.29) is 0 Å². The predicted molar refractivity (Wildman–Crippen MR) is 234 cm³/mol. The van der Waals surface area contributed by atoms with Crippen molar-refractivity contribution in [3.63, 3.8) is 0 Å². The molecule has 8 aromatic rings. The molecule has 0 aliphatic carbocycles. The molecule has 8 aromatic carbocycles. The molecule has 2 nitrogen and oxygen atoms in total. The summed E-state index contributed by atoms with van der Waals surface area (Å²) in [4.78, 5) is 7.70. The van der Waals surface area contributed by atoms with Gasteiger partial charge in [0.25, 0.3) is 0 Å². The molecule has 0 saturated heterocycles. The van der Waals surface area contributed by atoms with Crippen LogP contribution in [0, 0.1) is 0 Å². The fourth-order valence-electron chi connectivity index (χ4n) is 7.37. The molecule has 0 saturated carbocycles. The predicted octanol–water partition coefficient (Wildman–Crippen LogP) is 13.5. The van der Waals surface area contributed by atoms with Crippen LogP contribution in [-0.2, 0) is 0 Å². The number of hydrogen-bond donors (Lipinski definition) is 1. The van der Waals surface area contributed by atoms with Gasteiger partial charge in [-0.05, 0) is 160 Å². The molecule has 0 fully saturated rings. The smallest absolute Gasteiger partial charge is 0.0540 e. The van der Waals surface area contributed by atoms with Gasteiger partial charge < -0.3 is 9.80 Å². The summed E-state index contributed by atoms with van der Waals surface area (Å²) in [6.07, 6.45) is 16.8. The van der Waals surface area contributed by atoms with E-state index in [1.165, 1.54) is 53.5 Å². The molecule has 8 rings (SSSR count). The van der Waals surface area contributed by atoms with Crippen LogP contribution in [0.1, 0.15) is 0 Å². The Labute approximate surface area is 305 Å². The van der Waals surface area contributed by atoms with Crippen molar-refractivity contribution < 1.29 is 0 Å². The van der Waals surface area contributed by atoms with E-state index < -0.39 is 19.2 Å². The van der Waals surface area contributed by atoms with Crippen molar-refractivity contribution in [2.75, 3.05) is 53.6 Å². The van der Waals surface area contributed by atoms with E-state index in [9.17, 15) is 0 Å². The molecule has 51 heavy (non-hydrogen) atoms. The van der Waals surface area contributed by atoms with Crippen LogP contribution < -0.4 is 9.80 Å². The highest BCUT2D eigenvalue weighted by Crippen LogP contribution is 2.63. The zero-order chi connectivity index (χ0) is 35.6. The minimum atomic E-state index is -1.91. The summed E-state index contributed by atoms with van der Waals surface area (Å²) in [6.45, 7) is 0. The van der Waals surface area contributed by atoms with Crippen molar-refractivity contribution in [2.45, 2.75) is 9.79 Å². The molecule has 4 heteroatoms. The average molecular weight is 705 g/mol. The van der Waals surface area contributed by atoms with Gasteiger partial charge in [0.2, 0.25) is 0 Å². The molecule has 0 bridgehead atoms. The van der Waals surface area contributed by atoms with Crippen molar-refractivity contribution >= 4 is 85.6 Å². The van der Waals surface area contributed by atoms with Crippen molar-refractivity contribution in [3.05, 3.63) is 158 Å². The topological polar surface area (TPSA) is 6.48 Å². The fraction of sp³-hybridized carbons (Fsp3) is 0.149. The SMILES string of the molecule is CS(C)(C)c1ccc(N(c2ccccc2)c2ccc3ccc4c(N(c5ccccc5)c5ccc([SH](C)(C)(C)C)cc5)ccc5ccc2c3c54)cc1. The van der Waals surface area contributed by atoms with E-state index in [4.69, 9.17) is 0 Å². The largest absolute Gasteiger partial charge is 0.310 e. The number of rotatable bonds is 8. The van der Waals surface area contributed by atoms with Crippen LogP contribution in [0.3, 0.4) is 0 Å². The number of anilines is 6. The molecule has 0 atom stereocenters. The molecule has 0 radical (unpaired) electrons. The molecule has 0 N–H and O–H groups in total. The third-order valence-electron chi connectivity index (χ3n) is 10.1. The second-order valence-corrected chi connectivity index (χ2v) is 28.2. The summed E-state index contributed by atoms with van der Waals surface area (Å²) in [7, 11) is -2.74. The molecule has 0 aromatic heterocycles. The van der Waals surface area contributed by atoms with E-state index in [0.29, 0.717) is 0 Å². The lowest BCUT2D eigenvalue weighted by Gasteiger charge is -2.47. The quantitative estimate of drug-likeness (QED) is 0.124. The van der Waals surface area contributed by atoms with Gasteiger partial charge in [-0.3, -0.25) is 9.16 Å². The maximum atomic E-state index is 2.43. The van der Waals surface area contributed by atoms with Gasteiger partial charge in [0.05, 0.1) is 11.4 Å². The molecule has 0 spiro atoms. The Kier molecular flexibility index (Phi) is 7.90. The Bertz CT molecular complexity index is 2480. The zero-order valence-electron chi connectivity index (χ0n) is 30.8. The number of hydrogen-bond acceptors (Lipinski definition) is 2. The lowest BCUT2D eigenvalue weighted by molar-refractivity contribution is 1.28. The van der Waals surface area contributed by atoms with E-state index in [0.717, 1.165) is 22.7 Å². The summed E-state index contributed by atoms with van der Waals surface area (Å²) < 4.78 is 0. The summed E-state index contributed by atoms with van der Waals surface area (Å²) in [6, 6.07) is 58.6. The van der Waals surface area contributed by atoms with Crippen LogP contribution >= 0.6 is 19.2 Å². The molecule has 0 aliphatic heterocycles. The first-order chi connectivity index (χ1) is 24.3. The Morgan fingerprint density at radius 1 is 0.392 bits per heavy atom. The molecular weight excluding hydrogens is 657 g/mol. The maximum Gasteiger partial charge on any atom is 0.0540 e. The highest BCUT2D eigenvalue weighted by Gasteiger charge is 2.24. The summed E-state index contributed by atoms with van der Waals surface area (Å²) in [5.41, 5.74) is 6.98. The molecule has 0 heterocycles. The van der Waals surface area contributed by atoms with E-state index >= 15 is 0 Å². The van der Waals surface area contributed by atoms with Gasteiger partial charge in [-0.1, -0.05) is 72.8 Å². The van der Waals surface area contributed by atoms with Crippen LogP contribution in [0.5, 0.6) is 0 Å². The lowest BCUT2D eigenvalue weighted by Crippen LogP contribution is -2.13. The lowest BCUT2D eigenvalue weighted by atomic mass is 9.91. The number of para-hydroxylation sites is 2. The van der Waals surface area contributed by atoms with Gasteiger partial charge in [0.1, 0.15) is 0 Å². The molecular formula is C47H48N2S2. The van der Waals surface area contributed by atoms with Gasteiger partial charge in [-0.25, -0.2) is 10.0 Å². The molecule has 0 amide bonds. The van der Waals surface area contributed by atoms with Crippen LogP contribution in [0.15, 0.2) is 168 Å². The molecule has 258 valence electrons. The normalized spacial score (nSPS) is 13.4. The van der Waals surface area contributed by atoms with Crippen molar-refractivity contribution in [3.8, 4) is 0 Å². The third kappa shape index (κ3) is 6.11. The minimum Gasteiger partial charge on any atom is -0.310 e. The molecule has 0 aliphatic rings. The Morgan fingerprint density at radius 2 is 0.765 bits per heavy atom. The Hall–Kier alpha value is -4.90. The second-order valence-electron chi connectivity index (χ2n) is 16.4. The summed E-state index contributed by atoms with van der Waals surface area (Å²) in [5.74, 6) is 0.